The standard InChI is InChI=1S/C19H21N5O3S2/c1-26-8-4-7-23-13-20-21-19(23)29-12-18(25)24-15(16-5-2-9-27-16)11-14(22-24)17-6-3-10-28-17/h2-3,5-6,9-10,13,15H,4,7-8,11-12H2,1H3. The summed E-state index contributed by atoms with van der Waals surface area (Å²) < 4.78 is 12.6. The van der Waals surface area contributed by atoms with E-state index in [-0.39, 0.29) is 17.7 Å². The second-order valence-corrected chi connectivity index (χ2v) is 8.33. The summed E-state index contributed by atoms with van der Waals surface area (Å²) in [5.74, 6) is 0.872. The van der Waals surface area contributed by atoms with E-state index in [1.807, 2.05) is 34.2 Å². The first-order valence-electron chi connectivity index (χ1n) is 9.22. The maximum Gasteiger partial charge on any atom is 0.253 e. The molecule has 1 aliphatic heterocycles. The summed E-state index contributed by atoms with van der Waals surface area (Å²) in [5, 5.41) is 17.0. The predicted octanol–water partition coefficient (Wildman–Crippen LogP) is 3.44. The van der Waals surface area contributed by atoms with Crippen molar-refractivity contribution in [3.63, 3.8) is 0 Å². The van der Waals surface area contributed by atoms with Crippen LogP contribution in [0, 0.1) is 0 Å². The van der Waals surface area contributed by atoms with Crippen LogP contribution in [0.4, 0.5) is 0 Å². The minimum absolute atomic E-state index is 0.0885. The van der Waals surface area contributed by atoms with Crippen molar-refractivity contribution in [2.75, 3.05) is 19.5 Å². The van der Waals surface area contributed by atoms with Crippen molar-refractivity contribution in [1.29, 1.82) is 0 Å². The van der Waals surface area contributed by atoms with Crippen LogP contribution in [0.2, 0.25) is 0 Å². The molecule has 1 unspecified atom stereocenters. The van der Waals surface area contributed by atoms with Crippen molar-refractivity contribution in [3.8, 4) is 0 Å². The third-order valence-electron chi connectivity index (χ3n) is 4.50. The zero-order chi connectivity index (χ0) is 20.1. The van der Waals surface area contributed by atoms with Crippen LogP contribution < -0.4 is 0 Å². The van der Waals surface area contributed by atoms with Crippen LogP contribution in [-0.4, -0.2) is 50.9 Å². The Balaban J connectivity index is 1.45. The van der Waals surface area contributed by atoms with E-state index in [1.54, 1.807) is 36.0 Å². The average molecular weight is 432 g/mol. The minimum Gasteiger partial charge on any atom is -0.467 e. The Bertz CT molecular complexity index is 953. The molecule has 4 rings (SSSR count). The lowest BCUT2D eigenvalue weighted by molar-refractivity contribution is -0.130. The van der Waals surface area contributed by atoms with Gasteiger partial charge in [0.05, 0.1) is 22.6 Å². The van der Waals surface area contributed by atoms with E-state index in [4.69, 9.17) is 9.15 Å². The molecule has 0 bridgehead atoms. The lowest BCUT2D eigenvalue weighted by atomic mass is 10.1. The molecule has 152 valence electrons. The zero-order valence-corrected chi connectivity index (χ0v) is 17.6. The number of carbonyl (C=O) groups is 1. The maximum atomic E-state index is 13.0. The van der Waals surface area contributed by atoms with E-state index >= 15 is 0 Å². The molecule has 0 saturated heterocycles. The fourth-order valence-corrected chi connectivity index (χ4v) is 4.63. The van der Waals surface area contributed by atoms with Gasteiger partial charge < -0.3 is 13.7 Å². The highest BCUT2D eigenvalue weighted by Crippen LogP contribution is 2.34. The van der Waals surface area contributed by atoms with Gasteiger partial charge in [-0.25, -0.2) is 5.01 Å². The van der Waals surface area contributed by atoms with Crippen LogP contribution in [0.5, 0.6) is 0 Å². The molecular weight excluding hydrogens is 410 g/mol. The Hall–Kier alpha value is -2.43. The van der Waals surface area contributed by atoms with Gasteiger partial charge in [-0.1, -0.05) is 17.8 Å². The molecule has 8 nitrogen and oxygen atoms in total. The average Bonchev–Trinajstić information content (AvgIpc) is 3.53. The Morgan fingerprint density at radius 2 is 2.34 bits per heavy atom. The summed E-state index contributed by atoms with van der Waals surface area (Å²) >= 11 is 2.98. The molecule has 0 radical (unpaired) electrons. The number of hydrazone groups is 1. The number of aryl methyl sites for hydroxylation is 1. The second kappa shape index (κ2) is 9.38. The summed E-state index contributed by atoms with van der Waals surface area (Å²) in [5.41, 5.74) is 0.905. The number of aromatic nitrogens is 3. The number of amides is 1. The highest BCUT2D eigenvalue weighted by Gasteiger charge is 2.35. The number of ether oxygens (including phenoxy) is 1. The first kappa shape index (κ1) is 19.9. The molecule has 1 amide bonds. The largest absolute Gasteiger partial charge is 0.467 e. The van der Waals surface area contributed by atoms with Crippen LogP contribution in [-0.2, 0) is 16.1 Å². The fourth-order valence-electron chi connectivity index (χ4n) is 3.12. The summed E-state index contributed by atoms with van der Waals surface area (Å²) in [6, 6.07) is 7.50. The van der Waals surface area contributed by atoms with Crippen molar-refractivity contribution < 1.29 is 13.9 Å². The van der Waals surface area contributed by atoms with Gasteiger partial charge >= 0.3 is 0 Å². The van der Waals surface area contributed by atoms with E-state index in [2.05, 4.69) is 15.3 Å². The van der Waals surface area contributed by atoms with Gasteiger partial charge in [0.15, 0.2) is 5.16 Å². The smallest absolute Gasteiger partial charge is 0.253 e. The Kier molecular flexibility index (Phi) is 6.43. The fraction of sp³-hybridized carbons (Fsp3) is 0.368. The molecule has 1 atom stereocenters. The minimum atomic E-state index is -0.227. The van der Waals surface area contributed by atoms with Gasteiger partial charge in [-0.05, 0) is 30.0 Å². The number of carbonyl (C=O) groups excluding carboxylic acids is 1. The number of furan rings is 1. The molecule has 0 aromatic carbocycles. The lowest BCUT2D eigenvalue weighted by Gasteiger charge is -2.19. The van der Waals surface area contributed by atoms with E-state index in [9.17, 15) is 4.79 Å². The van der Waals surface area contributed by atoms with Gasteiger partial charge in [0.1, 0.15) is 18.1 Å². The zero-order valence-electron chi connectivity index (χ0n) is 15.9. The van der Waals surface area contributed by atoms with Gasteiger partial charge in [-0.15, -0.1) is 21.5 Å². The normalized spacial score (nSPS) is 16.4. The number of thiophene rings is 1. The summed E-state index contributed by atoms with van der Waals surface area (Å²) in [6.07, 6.45) is 4.80. The van der Waals surface area contributed by atoms with E-state index in [1.165, 1.54) is 11.8 Å². The van der Waals surface area contributed by atoms with Crippen LogP contribution in [0.3, 0.4) is 0 Å². The Morgan fingerprint density at radius 1 is 1.41 bits per heavy atom. The summed E-state index contributed by atoms with van der Waals surface area (Å²) in [6.45, 7) is 1.41. The van der Waals surface area contributed by atoms with Gasteiger partial charge in [0, 0.05) is 26.7 Å². The highest BCUT2D eigenvalue weighted by atomic mass is 32.2. The van der Waals surface area contributed by atoms with Crippen molar-refractivity contribution in [2.24, 2.45) is 5.10 Å². The van der Waals surface area contributed by atoms with Gasteiger partial charge in [0.25, 0.3) is 5.91 Å². The number of hydrogen-bond donors (Lipinski definition) is 0. The molecule has 3 aromatic rings. The molecule has 0 aliphatic carbocycles. The summed E-state index contributed by atoms with van der Waals surface area (Å²) in [7, 11) is 1.68. The van der Waals surface area contributed by atoms with Crippen LogP contribution >= 0.6 is 23.1 Å². The highest BCUT2D eigenvalue weighted by molar-refractivity contribution is 7.99. The first-order valence-corrected chi connectivity index (χ1v) is 11.1. The van der Waals surface area contributed by atoms with Gasteiger partial charge in [0.2, 0.25) is 0 Å². The Labute approximate surface area is 176 Å². The maximum absolute atomic E-state index is 13.0. The number of rotatable bonds is 9. The topological polar surface area (TPSA) is 85.8 Å². The Morgan fingerprint density at radius 3 is 3.10 bits per heavy atom. The van der Waals surface area contributed by atoms with Crippen LogP contribution in [0.15, 0.2) is 56.9 Å². The molecule has 0 N–H and O–H groups in total. The van der Waals surface area contributed by atoms with Crippen molar-refractivity contribution >= 4 is 34.7 Å². The quantitative estimate of drug-likeness (QED) is 0.381. The number of nitrogens with zero attached hydrogens (tertiary/aromatic N) is 5. The molecule has 3 aromatic heterocycles. The van der Waals surface area contributed by atoms with Crippen molar-refractivity contribution in [1.82, 2.24) is 19.8 Å². The van der Waals surface area contributed by atoms with Crippen molar-refractivity contribution in [3.05, 3.63) is 52.9 Å². The SMILES string of the molecule is COCCCn1cnnc1SCC(=O)N1N=C(c2cccs2)CC1c1ccco1. The van der Waals surface area contributed by atoms with E-state index in [0.717, 1.165) is 29.3 Å². The van der Waals surface area contributed by atoms with E-state index in [0.29, 0.717) is 18.2 Å². The van der Waals surface area contributed by atoms with Gasteiger partial charge in [-0.3, -0.25) is 4.79 Å². The molecule has 0 spiro atoms. The van der Waals surface area contributed by atoms with Crippen LogP contribution in [0.25, 0.3) is 0 Å². The monoisotopic (exact) mass is 431 g/mol. The molecule has 10 heteroatoms. The van der Waals surface area contributed by atoms with Gasteiger partial charge in [-0.2, -0.15) is 5.10 Å². The van der Waals surface area contributed by atoms with Crippen LogP contribution in [0.1, 0.15) is 29.5 Å². The molecule has 4 heterocycles. The second-order valence-electron chi connectivity index (χ2n) is 6.44. The molecular formula is C19H21N5O3S2. The third kappa shape index (κ3) is 4.60. The van der Waals surface area contributed by atoms with E-state index < -0.39 is 0 Å². The first-order chi connectivity index (χ1) is 14.3. The molecule has 0 fully saturated rings. The molecule has 1 aliphatic rings. The van der Waals surface area contributed by atoms with Crippen molar-refractivity contribution in [2.45, 2.75) is 30.6 Å². The lowest BCUT2D eigenvalue weighted by Crippen LogP contribution is -2.28. The third-order valence-corrected chi connectivity index (χ3v) is 6.38. The number of methoxy groups -OCH3 is 1. The number of thioether (sulfide) groups is 1. The predicted molar refractivity (Wildman–Crippen MR) is 111 cm³/mol. The molecule has 0 saturated carbocycles. The summed E-state index contributed by atoms with van der Waals surface area (Å²) in [4.78, 5) is 14.1. The molecule has 29 heavy (non-hydrogen) atoms. The number of hydrogen-bond acceptors (Lipinski definition) is 8.